The van der Waals surface area contributed by atoms with E-state index >= 15 is 0 Å². The Labute approximate surface area is 179 Å². The first-order valence-corrected chi connectivity index (χ1v) is 11.4. The van der Waals surface area contributed by atoms with Gasteiger partial charge >= 0.3 is 5.97 Å². The molecule has 0 fully saturated rings. The Kier molecular flexibility index (Phi) is 5.60. The second kappa shape index (κ2) is 8.35. The minimum absolute atomic E-state index is 0.0530. The van der Waals surface area contributed by atoms with Gasteiger partial charge in [0.15, 0.2) is 21.5 Å². The van der Waals surface area contributed by atoms with Crippen LogP contribution in [0.25, 0.3) is 11.4 Å². The number of rotatable bonds is 6. The minimum Gasteiger partial charge on any atom is -0.497 e. The van der Waals surface area contributed by atoms with Crippen molar-refractivity contribution in [1.82, 2.24) is 9.97 Å². The van der Waals surface area contributed by atoms with Crippen LogP contribution in [0.5, 0.6) is 5.75 Å². The van der Waals surface area contributed by atoms with Crippen molar-refractivity contribution in [2.45, 2.75) is 24.2 Å². The lowest BCUT2D eigenvalue weighted by atomic mass is 10.1. The lowest BCUT2D eigenvalue weighted by Crippen LogP contribution is -2.20. The van der Waals surface area contributed by atoms with Crippen LogP contribution in [-0.2, 0) is 27.5 Å². The molecule has 0 saturated heterocycles. The summed E-state index contributed by atoms with van der Waals surface area (Å²) in [6, 6.07) is 14.0. The van der Waals surface area contributed by atoms with Gasteiger partial charge in [0.25, 0.3) is 0 Å². The molecule has 2 aromatic carbocycles. The third kappa shape index (κ3) is 4.51. The van der Waals surface area contributed by atoms with Crippen LogP contribution < -0.4 is 10.1 Å². The molecule has 8 nitrogen and oxygen atoms in total. The van der Waals surface area contributed by atoms with Gasteiger partial charge in [0, 0.05) is 11.3 Å². The van der Waals surface area contributed by atoms with E-state index in [1.54, 1.807) is 43.5 Å². The summed E-state index contributed by atoms with van der Waals surface area (Å²) in [4.78, 5) is 20.1. The predicted octanol–water partition coefficient (Wildman–Crippen LogP) is 3.24. The van der Waals surface area contributed by atoms with Gasteiger partial charge in [0.05, 0.1) is 25.0 Å². The maximum absolute atomic E-state index is 12.8. The van der Waals surface area contributed by atoms with Crippen LogP contribution in [0.2, 0.25) is 0 Å². The molecular formula is C22H21N3O5S. The summed E-state index contributed by atoms with van der Waals surface area (Å²) >= 11 is 0. The largest absolute Gasteiger partial charge is 0.497 e. The van der Waals surface area contributed by atoms with Gasteiger partial charge in [-0.25, -0.2) is 18.4 Å². The molecule has 9 heteroatoms. The number of ether oxygens (including phenoxy) is 1. The van der Waals surface area contributed by atoms with E-state index in [9.17, 15) is 13.2 Å². The zero-order valence-corrected chi connectivity index (χ0v) is 17.6. The van der Waals surface area contributed by atoms with Crippen LogP contribution in [0.3, 0.4) is 0 Å². The molecule has 2 heterocycles. The molecule has 31 heavy (non-hydrogen) atoms. The third-order valence-corrected chi connectivity index (χ3v) is 6.87. The molecule has 0 spiro atoms. The molecule has 0 aliphatic carbocycles. The Balaban J connectivity index is 1.76. The number of aryl methyl sites for hydroxylation is 1. The third-order valence-electron chi connectivity index (χ3n) is 4.99. The van der Waals surface area contributed by atoms with Gasteiger partial charge < -0.3 is 15.2 Å². The number of aromatic nitrogens is 2. The second-order valence-corrected chi connectivity index (χ2v) is 9.26. The van der Waals surface area contributed by atoms with Gasteiger partial charge in [-0.1, -0.05) is 12.1 Å². The standard InChI is InChI=1S/C22H21N3O5S/c1-30-17-10-6-15(7-11-17)21-24-18-3-2-12-31(28,29)20(18)22(25-21)23-16-8-4-14(5-9-16)13-19(26)27/h4-11H,2-3,12-13H2,1H3,(H,26,27)(H,23,24,25). The highest BCUT2D eigenvalue weighted by atomic mass is 32.2. The summed E-state index contributed by atoms with van der Waals surface area (Å²) < 4.78 is 30.8. The summed E-state index contributed by atoms with van der Waals surface area (Å²) in [7, 11) is -1.93. The molecule has 160 valence electrons. The molecule has 1 aliphatic rings. The minimum atomic E-state index is -3.51. The van der Waals surface area contributed by atoms with E-state index in [2.05, 4.69) is 15.3 Å². The maximum atomic E-state index is 12.8. The number of fused-ring (bicyclic) bond motifs is 1. The topological polar surface area (TPSA) is 118 Å². The Hall–Kier alpha value is -3.46. The SMILES string of the molecule is COc1ccc(-c2nc3c(c(Nc4ccc(CC(=O)O)cc4)n2)S(=O)(=O)CCC3)cc1. The zero-order valence-electron chi connectivity index (χ0n) is 16.8. The smallest absolute Gasteiger partial charge is 0.307 e. The van der Waals surface area contributed by atoms with E-state index in [1.165, 1.54) is 0 Å². The number of nitrogens with one attached hydrogen (secondary N) is 1. The Morgan fingerprint density at radius 2 is 1.81 bits per heavy atom. The summed E-state index contributed by atoms with van der Waals surface area (Å²) in [5.74, 6) is 0.479. The van der Waals surface area contributed by atoms with Crippen molar-refractivity contribution in [3.63, 3.8) is 0 Å². The van der Waals surface area contributed by atoms with Crippen LogP contribution in [0.15, 0.2) is 53.4 Å². The molecular weight excluding hydrogens is 418 g/mol. The molecule has 0 bridgehead atoms. The van der Waals surface area contributed by atoms with Crippen LogP contribution in [0.1, 0.15) is 17.7 Å². The molecule has 1 aliphatic heterocycles. The number of benzene rings is 2. The number of hydrogen-bond acceptors (Lipinski definition) is 7. The number of aliphatic carboxylic acids is 1. The van der Waals surface area contributed by atoms with Crippen LogP contribution in [0, 0.1) is 0 Å². The average molecular weight is 439 g/mol. The first-order valence-electron chi connectivity index (χ1n) is 9.71. The fraction of sp³-hybridized carbons (Fsp3) is 0.227. The highest BCUT2D eigenvalue weighted by Crippen LogP contribution is 2.33. The second-order valence-electron chi connectivity index (χ2n) is 7.22. The highest BCUT2D eigenvalue weighted by molar-refractivity contribution is 7.91. The van der Waals surface area contributed by atoms with E-state index in [4.69, 9.17) is 9.84 Å². The van der Waals surface area contributed by atoms with E-state index in [0.29, 0.717) is 41.4 Å². The lowest BCUT2D eigenvalue weighted by molar-refractivity contribution is -0.136. The quantitative estimate of drug-likeness (QED) is 0.601. The number of carboxylic acid groups (broad SMARTS) is 1. The van der Waals surface area contributed by atoms with E-state index < -0.39 is 15.8 Å². The van der Waals surface area contributed by atoms with Gasteiger partial charge in [0.1, 0.15) is 10.6 Å². The molecule has 2 N–H and O–H groups in total. The molecule has 3 aromatic rings. The van der Waals surface area contributed by atoms with Crippen LogP contribution >= 0.6 is 0 Å². The van der Waals surface area contributed by atoms with Gasteiger partial charge in [-0.3, -0.25) is 4.79 Å². The number of sulfone groups is 1. The fourth-order valence-electron chi connectivity index (χ4n) is 3.50. The number of carbonyl (C=O) groups is 1. The number of hydrogen-bond donors (Lipinski definition) is 2. The molecule has 0 atom stereocenters. The number of anilines is 2. The maximum Gasteiger partial charge on any atom is 0.307 e. The molecule has 0 unspecified atom stereocenters. The van der Waals surface area contributed by atoms with Crippen molar-refractivity contribution in [3.05, 3.63) is 59.8 Å². The van der Waals surface area contributed by atoms with Crippen molar-refractivity contribution < 1.29 is 23.1 Å². The van der Waals surface area contributed by atoms with Crippen molar-refractivity contribution in [1.29, 1.82) is 0 Å². The molecule has 0 amide bonds. The number of carboxylic acids is 1. The molecule has 0 radical (unpaired) electrons. The Morgan fingerprint density at radius 3 is 2.45 bits per heavy atom. The van der Waals surface area contributed by atoms with E-state index in [0.717, 1.165) is 5.56 Å². The normalized spacial score (nSPS) is 14.5. The van der Waals surface area contributed by atoms with Gasteiger partial charge in [-0.2, -0.15) is 0 Å². The van der Waals surface area contributed by atoms with Crippen LogP contribution in [0.4, 0.5) is 11.5 Å². The monoisotopic (exact) mass is 439 g/mol. The lowest BCUT2D eigenvalue weighted by Gasteiger charge is -2.20. The first kappa shape index (κ1) is 20.8. The Bertz CT molecular complexity index is 1220. The molecule has 0 saturated carbocycles. The van der Waals surface area contributed by atoms with Crippen molar-refractivity contribution >= 4 is 27.3 Å². The summed E-state index contributed by atoms with van der Waals surface area (Å²) in [6.07, 6.45) is 0.976. The van der Waals surface area contributed by atoms with Crippen molar-refractivity contribution in [3.8, 4) is 17.1 Å². The number of nitrogens with zero attached hydrogens (tertiary/aromatic N) is 2. The van der Waals surface area contributed by atoms with Gasteiger partial charge in [-0.15, -0.1) is 0 Å². The first-order chi connectivity index (χ1) is 14.9. The van der Waals surface area contributed by atoms with Crippen molar-refractivity contribution in [2.75, 3.05) is 18.2 Å². The van der Waals surface area contributed by atoms with Gasteiger partial charge in [0.2, 0.25) is 0 Å². The zero-order chi connectivity index (χ0) is 22.0. The Morgan fingerprint density at radius 1 is 1.10 bits per heavy atom. The average Bonchev–Trinajstić information content (AvgIpc) is 2.74. The van der Waals surface area contributed by atoms with Crippen LogP contribution in [-0.4, -0.2) is 42.3 Å². The van der Waals surface area contributed by atoms with E-state index in [1.807, 2.05) is 12.1 Å². The predicted molar refractivity (Wildman–Crippen MR) is 115 cm³/mol. The molecule has 1 aromatic heterocycles. The number of methoxy groups -OCH3 is 1. The summed E-state index contributed by atoms with van der Waals surface area (Å²) in [5.41, 5.74) is 2.49. The van der Waals surface area contributed by atoms with Crippen molar-refractivity contribution in [2.24, 2.45) is 0 Å². The molecule has 4 rings (SSSR count). The fourth-order valence-corrected chi connectivity index (χ4v) is 5.12. The summed E-state index contributed by atoms with van der Waals surface area (Å²) in [5, 5.41) is 12.0. The van der Waals surface area contributed by atoms with E-state index in [-0.39, 0.29) is 22.9 Å². The summed E-state index contributed by atoms with van der Waals surface area (Å²) in [6.45, 7) is 0. The van der Waals surface area contributed by atoms with Gasteiger partial charge in [-0.05, 0) is 54.8 Å². The highest BCUT2D eigenvalue weighted by Gasteiger charge is 2.30.